The van der Waals surface area contributed by atoms with Gasteiger partial charge in [0.05, 0.1) is 0 Å². The number of Topliss-reactive ketones (excluding diaryl/α,β-unsaturated/α-hetero) is 4. The van der Waals surface area contributed by atoms with E-state index in [-0.39, 0.29) is 16.5 Å². The van der Waals surface area contributed by atoms with Gasteiger partial charge in [0.1, 0.15) is 0 Å². The molecule has 0 aliphatic heterocycles. The molecule has 0 N–H and O–H groups in total. The standard InChI is InChI=1S/2C16H15NO2S2.Ni/c2*1-17(2)21-20-14-10-8-13(9-11-14)16(19)15(18)12-6-4-3-5-7-12;/h2*3-11H,1-2H3;. The summed E-state index contributed by atoms with van der Waals surface area (Å²) in [6.07, 6.45) is 0. The second-order valence-corrected chi connectivity index (χ2v) is 14.0. The van der Waals surface area contributed by atoms with Crippen molar-refractivity contribution in [1.29, 1.82) is 0 Å². The van der Waals surface area contributed by atoms with Crippen LogP contribution in [-0.4, -0.2) is 59.9 Å². The number of benzene rings is 4. The SMILES string of the molecule is CN(C)SSc1ccc(C(=O)C(=O)c2ccccc2)cc1.CN(C)SSc1ccc(C(=O)C(=O)c2ccccc2)cc1.[Ni]. The van der Waals surface area contributed by atoms with E-state index in [4.69, 9.17) is 0 Å². The van der Waals surface area contributed by atoms with Crippen LogP contribution in [0.25, 0.3) is 0 Å². The maximum absolute atomic E-state index is 12.2. The molecule has 6 nitrogen and oxygen atoms in total. The van der Waals surface area contributed by atoms with Gasteiger partial charge in [-0.05, 0) is 120 Å². The van der Waals surface area contributed by atoms with Crippen LogP contribution in [-0.2, 0) is 16.5 Å². The molecule has 0 atom stereocenters. The summed E-state index contributed by atoms with van der Waals surface area (Å²) >= 11 is 0. The molecular formula is C32H30N2NiO4S4. The molecule has 0 radical (unpaired) electrons. The summed E-state index contributed by atoms with van der Waals surface area (Å²) in [7, 11) is 14.3. The van der Waals surface area contributed by atoms with Gasteiger partial charge in [0.15, 0.2) is 0 Å². The van der Waals surface area contributed by atoms with E-state index in [1.54, 1.807) is 116 Å². The summed E-state index contributed by atoms with van der Waals surface area (Å²) < 4.78 is 3.98. The number of hydrogen-bond donors (Lipinski definition) is 0. The van der Waals surface area contributed by atoms with Gasteiger partial charge in [-0.15, -0.1) is 0 Å². The summed E-state index contributed by atoms with van der Waals surface area (Å²) in [6.45, 7) is 0. The minimum Gasteiger partial charge on any atom is -0.285 e. The average Bonchev–Trinajstić information content (AvgIpc) is 3.03. The van der Waals surface area contributed by atoms with Crippen LogP contribution in [0.4, 0.5) is 0 Å². The Kier molecular flexibility index (Phi) is 16.1. The van der Waals surface area contributed by atoms with Gasteiger partial charge in [0, 0.05) is 48.5 Å². The predicted molar refractivity (Wildman–Crippen MR) is 177 cm³/mol. The topological polar surface area (TPSA) is 74.8 Å². The van der Waals surface area contributed by atoms with Crippen LogP contribution < -0.4 is 0 Å². The first-order chi connectivity index (χ1) is 20.2. The van der Waals surface area contributed by atoms with Crippen LogP contribution >= 0.6 is 43.5 Å². The van der Waals surface area contributed by atoms with Crippen LogP contribution in [0.1, 0.15) is 41.4 Å². The van der Waals surface area contributed by atoms with Gasteiger partial charge in [-0.3, -0.25) is 19.2 Å². The van der Waals surface area contributed by atoms with E-state index in [0.717, 1.165) is 9.79 Å². The van der Waals surface area contributed by atoms with Crippen molar-refractivity contribution in [3.05, 3.63) is 131 Å². The van der Waals surface area contributed by atoms with Gasteiger partial charge in [0.25, 0.3) is 0 Å². The van der Waals surface area contributed by atoms with Crippen molar-refractivity contribution in [2.45, 2.75) is 9.79 Å². The summed E-state index contributed by atoms with van der Waals surface area (Å²) in [5.74, 6) is -1.90. The minimum atomic E-state index is -0.474. The summed E-state index contributed by atoms with van der Waals surface area (Å²) in [6, 6.07) is 31.4. The van der Waals surface area contributed by atoms with E-state index in [1.807, 2.05) is 73.2 Å². The van der Waals surface area contributed by atoms with Crippen LogP contribution in [0.2, 0.25) is 0 Å². The van der Waals surface area contributed by atoms with E-state index in [9.17, 15) is 19.2 Å². The number of hydrogen-bond acceptors (Lipinski definition) is 10. The molecule has 0 unspecified atom stereocenters. The normalized spacial score (nSPS) is 10.4. The Morgan fingerprint density at radius 3 is 0.930 bits per heavy atom. The molecule has 0 aromatic heterocycles. The Balaban J connectivity index is 0.000000293. The monoisotopic (exact) mass is 692 g/mol. The van der Waals surface area contributed by atoms with Crippen LogP contribution in [0.15, 0.2) is 119 Å². The van der Waals surface area contributed by atoms with E-state index in [2.05, 4.69) is 0 Å². The quantitative estimate of drug-likeness (QED) is 0.0480. The summed E-state index contributed by atoms with van der Waals surface area (Å²) in [5, 5.41) is 0. The molecule has 0 saturated carbocycles. The molecule has 11 heteroatoms. The van der Waals surface area contributed by atoms with Gasteiger partial charge in [-0.2, -0.15) is 0 Å². The van der Waals surface area contributed by atoms with Crippen molar-refractivity contribution in [3.8, 4) is 0 Å². The second-order valence-electron chi connectivity index (χ2n) is 9.04. The zero-order chi connectivity index (χ0) is 30.5. The van der Waals surface area contributed by atoms with Crippen molar-refractivity contribution in [2.75, 3.05) is 28.2 Å². The number of carbonyl (C=O) groups excluding carboxylic acids is 4. The first kappa shape index (κ1) is 36.6. The van der Waals surface area contributed by atoms with Gasteiger partial charge in [-0.25, -0.2) is 8.61 Å². The molecule has 43 heavy (non-hydrogen) atoms. The number of carbonyl (C=O) groups is 4. The van der Waals surface area contributed by atoms with Gasteiger partial charge in [-0.1, -0.05) is 60.7 Å². The zero-order valence-corrected chi connectivity index (χ0v) is 28.1. The van der Waals surface area contributed by atoms with Crippen molar-refractivity contribution in [2.24, 2.45) is 0 Å². The maximum atomic E-state index is 12.2. The van der Waals surface area contributed by atoms with Crippen molar-refractivity contribution >= 4 is 66.7 Å². The molecule has 0 heterocycles. The molecule has 0 spiro atoms. The van der Waals surface area contributed by atoms with E-state index >= 15 is 0 Å². The second kappa shape index (κ2) is 18.9. The zero-order valence-electron chi connectivity index (χ0n) is 23.9. The van der Waals surface area contributed by atoms with Gasteiger partial charge in [0.2, 0.25) is 23.1 Å². The van der Waals surface area contributed by atoms with Crippen molar-refractivity contribution in [3.63, 3.8) is 0 Å². The summed E-state index contributed by atoms with van der Waals surface area (Å²) in [5.41, 5.74) is 1.68. The number of rotatable bonds is 12. The molecule has 0 saturated heterocycles. The molecule has 4 aromatic carbocycles. The third kappa shape index (κ3) is 12.1. The molecule has 4 rings (SSSR count). The fourth-order valence-electron chi connectivity index (χ4n) is 3.26. The largest absolute Gasteiger partial charge is 0.285 e. The molecule has 0 amide bonds. The predicted octanol–water partition coefficient (Wildman–Crippen LogP) is 7.94. The van der Waals surface area contributed by atoms with E-state index in [1.165, 1.54) is 0 Å². The Morgan fingerprint density at radius 1 is 0.419 bits per heavy atom. The van der Waals surface area contributed by atoms with Crippen LogP contribution in [0.5, 0.6) is 0 Å². The van der Waals surface area contributed by atoms with Crippen LogP contribution in [0.3, 0.4) is 0 Å². The molecule has 4 aromatic rings. The average molecular weight is 694 g/mol. The Hall–Kier alpha value is -2.63. The Bertz CT molecular complexity index is 1370. The molecular weight excluding hydrogens is 663 g/mol. The first-order valence-electron chi connectivity index (χ1n) is 12.7. The van der Waals surface area contributed by atoms with Crippen molar-refractivity contribution in [1.82, 2.24) is 8.61 Å². The smallest absolute Gasteiger partial charge is 0.233 e. The maximum Gasteiger partial charge on any atom is 0.233 e. The number of nitrogens with zero attached hydrogens (tertiary/aromatic N) is 2. The summed E-state index contributed by atoms with van der Waals surface area (Å²) in [4.78, 5) is 50.5. The fourth-order valence-corrected chi connectivity index (χ4v) is 6.30. The molecule has 0 aliphatic rings. The third-order valence-electron chi connectivity index (χ3n) is 5.28. The third-order valence-corrected chi connectivity index (χ3v) is 10.3. The van der Waals surface area contributed by atoms with Gasteiger partial charge >= 0.3 is 0 Å². The Labute approximate surface area is 278 Å². The van der Waals surface area contributed by atoms with E-state index < -0.39 is 23.1 Å². The van der Waals surface area contributed by atoms with Crippen LogP contribution in [0, 0.1) is 0 Å². The Morgan fingerprint density at radius 2 is 0.674 bits per heavy atom. The molecule has 0 fully saturated rings. The molecule has 0 bridgehead atoms. The van der Waals surface area contributed by atoms with Crippen molar-refractivity contribution < 1.29 is 35.7 Å². The fraction of sp³-hybridized carbons (Fsp3) is 0.125. The van der Waals surface area contributed by atoms with E-state index in [0.29, 0.717) is 22.3 Å². The molecule has 0 aliphatic carbocycles. The molecule has 226 valence electrons. The minimum absolute atomic E-state index is 0. The number of ketones is 4. The van der Waals surface area contributed by atoms with Gasteiger partial charge < -0.3 is 0 Å². The first-order valence-corrected chi connectivity index (χ1v) is 16.9.